The maximum Gasteiger partial charge on any atom is 0.142 e. The van der Waals surface area contributed by atoms with Gasteiger partial charge in [-0.1, -0.05) is 69.3 Å². The van der Waals surface area contributed by atoms with Gasteiger partial charge < -0.3 is 4.42 Å². The monoisotopic (exact) mass is 252 g/mol. The molecule has 19 heavy (non-hydrogen) atoms. The third-order valence-electron chi connectivity index (χ3n) is 2.97. The van der Waals surface area contributed by atoms with Gasteiger partial charge in [-0.2, -0.15) is 0 Å². The topological polar surface area (TPSA) is 13.1 Å². The molecule has 1 nitrogen and oxygen atoms in total. The molecule has 0 unspecified atom stereocenters. The van der Waals surface area contributed by atoms with E-state index in [9.17, 15) is 0 Å². The van der Waals surface area contributed by atoms with Gasteiger partial charge in [-0.05, 0) is 12.5 Å². The van der Waals surface area contributed by atoms with E-state index in [2.05, 4.69) is 43.3 Å². The van der Waals surface area contributed by atoms with Crippen LogP contribution in [0.3, 0.4) is 0 Å². The van der Waals surface area contributed by atoms with E-state index in [0.29, 0.717) is 0 Å². The van der Waals surface area contributed by atoms with E-state index in [1.165, 1.54) is 10.8 Å². The number of fused-ring (bicyclic) bond motifs is 3. The van der Waals surface area contributed by atoms with Crippen LogP contribution in [-0.2, 0) is 0 Å². The molecule has 0 radical (unpaired) electrons. The minimum absolute atomic E-state index is 0.958. The van der Waals surface area contributed by atoms with Crippen LogP contribution in [0.1, 0.15) is 32.8 Å². The summed E-state index contributed by atoms with van der Waals surface area (Å²) in [6, 6.07) is 14.5. The van der Waals surface area contributed by atoms with Gasteiger partial charge in [-0.3, -0.25) is 0 Å². The first kappa shape index (κ1) is 13.4. The van der Waals surface area contributed by atoms with Crippen molar-refractivity contribution in [3.63, 3.8) is 0 Å². The molecule has 1 heteroatoms. The second-order valence-corrected chi connectivity index (χ2v) is 4.13. The van der Waals surface area contributed by atoms with Crippen LogP contribution in [0.5, 0.6) is 0 Å². The van der Waals surface area contributed by atoms with Gasteiger partial charge in [0.05, 0.1) is 0 Å². The van der Waals surface area contributed by atoms with E-state index in [4.69, 9.17) is 4.42 Å². The largest absolute Gasteiger partial charge is 0.455 e. The van der Waals surface area contributed by atoms with E-state index < -0.39 is 0 Å². The van der Waals surface area contributed by atoms with Crippen LogP contribution in [0.25, 0.3) is 28.0 Å². The second-order valence-electron chi connectivity index (χ2n) is 4.13. The quantitative estimate of drug-likeness (QED) is 0.542. The summed E-state index contributed by atoms with van der Waals surface area (Å²) in [6.07, 6.45) is 5.32. The Kier molecular flexibility index (Phi) is 4.40. The Morgan fingerprint density at radius 1 is 0.947 bits per heavy atom. The first-order chi connectivity index (χ1) is 9.40. The maximum atomic E-state index is 5.93. The van der Waals surface area contributed by atoms with Gasteiger partial charge >= 0.3 is 0 Å². The number of rotatable bonds is 2. The molecule has 0 aliphatic heterocycles. The highest BCUT2D eigenvalue weighted by molar-refractivity contribution is 6.07. The zero-order chi connectivity index (χ0) is 13.7. The van der Waals surface area contributed by atoms with Crippen LogP contribution in [-0.4, -0.2) is 0 Å². The third-order valence-corrected chi connectivity index (χ3v) is 2.97. The fourth-order valence-electron chi connectivity index (χ4n) is 2.15. The molecule has 0 aliphatic carbocycles. The normalized spacial score (nSPS) is 10.9. The fraction of sp³-hybridized carbons (Fsp3) is 0.222. The molecule has 0 N–H and O–H groups in total. The van der Waals surface area contributed by atoms with Crippen molar-refractivity contribution in [3.05, 3.63) is 54.1 Å². The Morgan fingerprint density at radius 2 is 1.68 bits per heavy atom. The van der Waals surface area contributed by atoms with Gasteiger partial charge in [0.2, 0.25) is 0 Å². The van der Waals surface area contributed by atoms with Gasteiger partial charge in [0.1, 0.15) is 11.2 Å². The van der Waals surface area contributed by atoms with Crippen molar-refractivity contribution in [2.24, 2.45) is 0 Å². The number of hydrogen-bond donors (Lipinski definition) is 0. The maximum absolute atomic E-state index is 5.93. The molecule has 1 aromatic heterocycles. The Balaban J connectivity index is 0.000000637. The molecule has 1 heterocycles. The number of hydrogen-bond acceptors (Lipinski definition) is 1. The fourth-order valence-corrected chi connectivity index (χ4v) is 2.15. The molecule has 0 saturated carbocycles. The third kappa shape index (κ3) is 2.55. The van der Waals surface area contributed by atoms with Crippen LogP contribution in [0.4, 0.5) is 0 Å². The van der Waals surface area contributed by atoms with Crippen LogP contribution in [0, 0.1) is 0 Å². The Hall–Kier alpha value is -2.02. The van der Waals surface area contributed by atoms with Crippen molar-refractivity contribution in [2.45, 2.75) is 27.2 Å². The van der Waals surface area contributed by atoms with E-state index in [1.54, 1.807) is 0 Å². The lowest BCUT2D eigenvalue weighted by molar-refractivity contribution is 0.668. The number of benzene rings is 2. The van der Waals surface area contributed by atoms with E-state index >= 15 is 0 Å². The lowest BCUT2D eigenvalue weighted by atomic mass is 10.1. The van der Waals surface area contributed by atoms with Gasteiger partial charge in [-0.25, -0.2) is 0 Å². The molecule has 3 aromatic rings. The minimum atomic E-state index is 0.958. The molecule has 0 atom stereocenters. The summed E-state index contributed by atoms with van der Waals surface area (Å²) in [5, 5.41) is 2.38. The zero-order valence-electron chi connectivity index (χ0n) is 11.8. The molecular formula is C18H20O. The summed E-state index contributed by atoms with van der Waals surface area (Å²) >= 11 is 0. The highest BCUT2D eigenvalue weighted by atomic mass is 16.3. The zero-order valence-corrected chi connectivity index (χ0v) is 11.8. The first-order valence-electron chi connectivity index (χ1n) is 6.97. The average molecular weight is 252 g/mol. The van der Waals surface area contributed by atoms with Crippen LogP contribution in [0.15, 0.2) is 53.0 Å². The van der Waals surface area contributed by atoms with Gasteiger partial charge in [0.25, 0.3) is 0 Å². The molecule has 2 aromatic carbocycles. The Bertz CT molecular complexity index is 689. The highest BCUT2D eigenvalue weighted by Gasteiger charge is 2.07. The van der Waals surface area contributed by atoms with Crippen LogP contribution < -0.4 is 0 Å². The van der Waals surface area contributed by atoms with Crippen LogP contribution >= 0.6 is 0 Å². The smallest absolute Gasteiger partial charge is 0.142 e. The predicted octanol–water partition coefficient (Wildman–Crippen LogP) is 6.04. The summed E-state index contributed by atoms with van der Waals surface area (Å²) in [5.41, 5.74) is 3.10. The molecule has 0 amide bonds. The second kappa shape index (κ2) is 6.24. The van der Waals surface area contributed by atoms with Gasteiger partial charge in [0, 0.05) is 16.3 Å². The van der Waals surface area contributed by atoms with E-state index in [0.717, 1.165) is 23.2 Å². The molecule has 0 aliphatic rings. The summed E-state index contributed by atoms with van der Waals surface area (Å²) < 4.78 is 5.93. The van der Waals surface area contributed by atoms with Gasteiger partial charge in [-0.15, -0.1) is 0 Å². The van der Waals surface area contributed by atoms with Gasteiger partial charge in [0.15, 0.2) is 0 Å². The number of allylic oxidation sites excluding steroid dienone is 1. The van der Waals surface area contributed by atoms with Crippen molar-refractivity contribution >= 4 is 28.0 Å². The summed E-state index contributed by atoms with van der Waals surface area (Å²) in [7, 11) is 0. The molecule has 0 saturated heterocycles. The number of para-hydroxylation sites is 2. The lowest BCUT2D eigenvalue weighted by Crippen LogP contribution is -1.72. The van der Waals surface area contributed by atoms with Crippen molar-refractivity contribution in [3.8, 4) is 0 Å². The van der Waals surface area contributed by atoms with Crippen molar-refractivity contribution < 1.29 is 4.42 Å². The molecule has 0 fully saturated rings. The predicted molar refractivity (Wildman–Crippen MR) is 84.4 cm³/mol. The lowest BCUT2D eigenvalue weighted by Gasteiger charge is -1.94. The van der Waals surface area contributed by atoms with Crippen molar-refractivity contribution in [1.29, 1.82) is 0 Å². The molecule has 0 spiro atoms. The average Bonchev–Trinajstić information content (AvgIpc) is 2.86. The van der Waals surface area contributed by atoms with Crippen molar-refractivity contribution in [2.75, 3.05) is 0 Å². The molecular weight excluding hydrogens is 232 g/mol. The Morgan fingerprint density at radius 3 is 2.47 bits per heavy atom. The van der Waals surface area contributed by atoms with E-state index in [-0.39, 0.29) is 0 Å². The summed E-state index contributed by atoms with van der Waals surface area (Å²) in [6.45, 7) is 6.13. The minimum Gasteiger partial charge on any atom is -0.455 e. The standard InChI is InChI=1S/C16H14O.C2H6/c1-2-3-7-12-8-6-10-14-13-9-4-5-11-15(13)17-16(12)14;1-2/h3-11H,2H2,1H3;1-2H3/b7-3-;. The van der Waals surface area contributed by atoms with Crippen molar-refractivity contribution in [1.82, 2.24) is 0 Å². The SMILES string of the molecule is CC.CC/C=C\c1cccc2c1oc1ccccc12. The molecule has 3 rings (SSSR count). The summed E-state index contributed by atoms with van der Waals surface area (Å²) in [5.74, 6) is 0. The van der Waals surface area contributed by atoms with Crippen LogP contribution in [0.2, 0.25) is 0 Å². The Labute approximate surface area is 114 Å². The first-order valence-corrected chi connectivity index (χ1v) is 6.97. The number of furan rings is 1. The highest BCUT2D eigenvalue weighted by Crippen LogP contribution is 2.31. The molecule has 98 valence electrons. The summed E-state index contributed by atoms with van der Waals surface area (Å²) in [4.78, 5) is 0. The molecule has 0 bridgehead atoms. The van der Waals surface area contributed by atoms with E-state index in [1.807, 2.05) is 32.0 Å².